The number of amides is 2. The molecule has 6 heteroatoms. The molecule has 22 heavy (non-hydrogen) atoms. The van der Waals surface area contributed by atoms with Crippen LogP contribution in [0, 0.1) is 0 Å². The highest BCUT2D eigenvalue weighted by Crippen LogP contribution is 2.20. The number of ether oxygens (including phenoxy) is 1. The molecule has 6 nitrogen and oxygen atoms in total. The molecule has 0 unspecified atom stereocenters. The number of hydrogen-bond donors (Lipinski definition) is 2. The summed E-state index contributed by atoms with van der Waals surface area (Å²) in [5, 5.41) is 12.0. The van der Waals surface area contributed by atoms with Crippen LogP contribution >= 0.6 is 0 Å². The lowest BCUT2D eigenvalue weighted by molar-refractivity contribution is -0.131. The molecule has 0 radical (unpaired) electrons. The molecule has 0 aliphatic carbocycles. The van der Waals surface area contributed by atoms with Gasteiger partial charge in [0, 0.05) is 31.4 Å². The third kappa shape index (κ3) is 3.99. The number of urea groups is 1. The molecule has 0 atom stereocenters. The summed E-state index contributed by atoms with van der Waals surface area (Å²) in [5.74, 6) is 0.0638. The van der Waals surface area contributed by atoms with Gasteiger partial charge in [-0.15, -0.1) is 0 Å². The van der Waals surface area contributed by atoms with E-state index in [-0.39, 0.29) is 11.8 Å². The molecule has 0 spiro atoms. The van der Waals surface area contributed by atoms with Gasteiger partial charge in [-0.25, -0.2) is 4.79 Å². The number of phenolic OH excluding ortho intramolecular Hbond substituents is 1. The van der Waals surface area contributed by atoms with E-state index in [4.69, 9.17) is 4.74 Å². The number of rotatable bonds is 3. The van der Waals surface area contributed by atoms with Crippen molar-refractivity contribution in [1.29, 1.82) is 0 Å². The lowest BCUT2D eigenvalue weighted by Crippen LogP contribution is -2.31. The van der Waals surface area contributed by atoms with Crippen molar-refractivity contribution in [3.8, 4) is 11.5 Å². The fourth-order valence-corrected chi connectivity index (χ4v) is 1.80. The predicted molar refractivity (Wildman–Crippen MR) is 83.3 cm³/mol. The van der Waals surface area contributed by atoms with E-state index < -0.39 is 5.97 Å². The number of esters is 1. The molecule has 2 aromatic rings. The normalized spacial score (nSPS) is 9.91. The van der Waals surface area contributed by atoms with E-state index in [0.29, 0.717) is 17.1 Å². The fourth-order valence-electron chi connectivity index (χ4n) is 1.80. The van der Waals surface area contributed by atoms with Crippen molar-refractivity contribution in [2.24, 2.45) is 0 Å². The van der Waals surface area contributed by atoms with E-state index in [0.717, 1.165) is 0 Å². The Kier molecular flexibility index (Phi) is 4.63. The molecule has 2 aromatic carbocycles. The molecule has 2 rings (SSSR count). The van der Waals surface area contributed by atoms with E-state index in [1.165, 1.54) is 24.0 Å². The number of nitrogens with one attached hydrogen (secondary N) is 1. The highest BCUT2D eigenvalue weighted by Gasteiger charge is 2.11. The lowest BCUT2D eigenvalue weighted by atomic mass is 10.3. The Morgan fingerprint density at radius 2 is 1.82 bits per heavy atom. The Morgan fingerprint density at radius 1 is 1.14 bits per heavy atom. The molecule has 0 bridgehead atoms. The van der Waals surface area contributed by atoms with Crippen LogP contribution in [0.4, 0.5) is 16.2 Å². The van der Waals surface area contributed by atoms with Crippen LogP contribution in [0.1, 0.15) is 6.92 Å². The van der Waals surface area contributed by atoms with Gasteiger partial charge in [0.25, 0.3) is 0 Å². The zero-order chi connectivity index (χ0) is 16.1. The number of anilines is 2. The quantitative estimate of drug-likeness (QED) is 0.674. The Bertz CT molecular complexity index is 683. The van der Waals surface area contributed by atoms with E-state index in [9.17, 15) is 14.7 Å². The van der Waals surface area contributed by atoms with E-state index in [1.54, 1.807) is 43.4 Å². The van der Waals surface area contributed by atoms with Crippen LogP contribution in [-0.4, -0.2) is 24.2 Å². The number of hydrogen-bond acceptors (Lipinski definition) is 4. The van der Waals surface area contributed by atoms with Crippen molar-refractivity contribution in [3.05, 3.63) is 48.5 Å². The van der Waals surface area contributed by atoms with Gasteiger partial charge in [-0.2, -0.15) is 0 Å². The fraction of sp³-hybridized carbons (Fsp3) is 0.125. The average molecular weight is 300 g/mol. The van der Waals surface area contributed by atoms with E-state index >= 15 is 0 Å². The summed E-state index contributed by atoms with van der Waals surface area (Å²) in [6.45, 7) is 1.31. The minimum Gasteiger partial charge on any atom is -0.508 e. The van der Waals surface area contributed by atoms with Crippen molar-refractivity contribution < 1.29 is 19.4 Å². The van der Waals surface area contributed by atoms with Gasteiger partial charge in [0.15, 0.2) is 0 Å². The minimum atomic E-state index is -0.426. The van der Waals surface area contributed by atoms with E-state index in [1.807, 2.05) is 0 Å². The number of nitrogens with zero attached hydrogens (tertiary/aromatic N) is 1. The Balaban J connectivity index is 2.08. The number of carbonyl (C=O) groups is 2. The van der Waals surface area contributed by atoms with Crippen LogP contribution in [0.2, 0.25) is 0 Å². The maximum absolute atomic E-state index is 12.2. The molecule has 2 N–H and O–H groups in total. The zero-order valence-electron chi connectivity index (χ0n) is 12.2. The number of benzene rings is 2. The number of carbonyl (C=O) groups excluding carboxylic acids is 2. The molecular formula is C16H16N2O4. The summed E-state index contributed by atoms with van der Waals surface area (Å²) < 4.78 is 4.96. The highest BCUT2D eigenvalue weighted by atomic mass is 16.5. The molecule has 2 amide bonds. The topological polar surface area (TPSA) is 78.9 Å². The summed E-state index contributed by atoms with van der Waals surface area (Å²) >= 11 is 0. The molecule has 0 fully saturated rings. The zero-order valence-corrected chi connectivity index (χ0v) is 12.2. The third-order valence-electron chi connectivity index (χ3n) is 2.89. The maximum Gasteiger partial charge on any atom is 0.326 e. The van der Waals surface area contributed by atoms with Gasteiger partial charge >= 0.3 is 12.0 Å². The SMILES string of the molecule is CC(=O)Oc1cccc(NC(=O)N(C)c2ccc(O)cc2)c1. The van der Waals surface area contributed by atoms with Gasteiger partial charge in [-0.05, 0) is 36.4 Å². The third-order valence-corrected chi connectivity index (χ3v) is 2.89. The monoisotopic (exact) mass is 300 g/mol. The second kappa shape index (κ2) is 6.62. The second-order valence-corrected chi connectivity index (χ2v) is 4.63. The van der Waals surface area contributed by atoms with Crippen LogP contribution < -0.4 is 15.0 Å². The maximum atomic E-state index is 12.2. The van der Waals surface area contributed by atoms with Crippen LogP contribution in [0.3, 0.4) is 0 Å². The standard InChI is InChI=1S/C16H16N2O4/c1-11(19)22-15-5-3-4-12(10-15)17-16(21)18(2)13-6-8-14(20)9-7-13/h3-10,20H,1-2H3,(H,17,21). The Morgan fingerprint density at radius 3 is 2.45 bits per heavy atom. The molecular weight excluding hydrogens is 284 g/mol. The summed E-state index contributed by atoms with van der Waals surface area (Å²) in [6.07, 6.45) is 0. The number of phenols is 1. The van der Waals surface area contributed by atoms with Gasteiger partial charge in [0.05, 0.1) is 0 Å². The summed E-state index contributed by atoms with van der Waals surface area (Å²) in [4.78, 5) is 24.5. The summed E-state index contributed by atoms with van der Waals surface area (Å²) in [5.41, 5.74) is 1.14. The first-order chi connectivity index (χ1) is 10.5. The van der Waals surface area contributed by atoms with Gasteiger partial charge in [-0.3, -0.25) is 9.69 Å². The molecule has 0 aliphatic rings. The Hall–Kier alpha value is -3.02. The van der Waals surface area contributed by atoms with Crippen LogP contribution in [0.15, 0.2) is 48.5 Å². The Labute approximate surface area is 127 Å². The molecule has 0 saturated carbocycles. The second-order valence-electron chi connectivity index (χ2n) is 4.63. The van der Waals surface area contributed by atoms with Gasteiger partial charge in [0.1, 0.15) is 11.5 Å². The molecule has 0 saturated heterocycles. The average Bonchev–Trinajstić information content (AvgIpc) is 2.47. The van der Waals surface area contributed by atoms with Crippen LogP contribution in [0.25, 0.3) is 0 Å². The summed E-state index contributed by atoms with van der Waals surface area (Å²) in [7, 11) is 1.61. The van der Waals surface area contributed by atoms with Gasteiger partial charge in [-0.1, -0.05) is 6.07 Å². The highest BCUT2D eigenvalue weighted by molar-refractivity contribution is 6.01. The molecule has 0 aromatic heterocycles. The number of aromatic hydroxyl groups is 1. The first-order valence-electron chi connectivity index (χ1n) is 6.58. The van der Waals surface area contributed by atoms with Crippen molar-refractivity contribution >= 4 is 23.4 Å². The molecule has 114 valence electrons. The van der Waals surface area contributed by atoms with E-state index in [2.05, 4.69) is 5.32 Å². The van der Waals surface area contributed by atoms with Crippen LogP contribution in [0.5, 0.6) is 11.5 Å². The van der Waals surface area contributed by atoms with Crippen molar-refractivity contribution in [1.82, 2.24) is 0 Å². The largest absolute Gasteiger partial charge is 0.508 e. The lowest BCUT2D eigenvalue weighted by Gasteiger charge is -2.18. The van der Waals surface area contributed by atoms with Gasteiger partial charge < -0.3 is 15.2 Å². The summed E-state index contributed by atoms with van der Waals surface area (Å²) in [6, 6.07) is 12.5. The van der Waals surface area contributed by atoms with Crippen molar-refractivity contribution in [2.75, 3.05) is 17.3 Å². The minimum absolute atomic E-state index is 0.131. The smallest absolute Gasteiger partial charge is 0.326 e. The van der Waals surface area contributed by atoms with Crippen LogP contribution in [-0.2, 0) is 4.79 Å². The predicted octanol–water partition coefficient (Wildman–Crippen LogP) is 2.99. The van der Waals surface area contributed by atoms with Crippen molar-refractivity contribution in [2.45, 2.75) is 6.92 Å². The molecule has 0 heterocycles. The first-order valence-corrected chi connectivity index (χ1v) is 6.58. The van der Waals surface area contributed by atoms with Crippen molar-refractivity contribution in [3.63, 3.8) is 0 Å². The molecule has 0 aliphatic heterocycles. The van der Waals surface area contributed by atoms with Gasteiger partial charge in [0.2, 0.25) is 0 Å². The first kappa shape index (κ1) is 15.4.